The first-order chi connectivity index (χ1) is 13.8. The van der Waals surface area contributed by atoms with Crippen LogP contribution in [-0.2, 0) is 32.5 Å². The van der Waals surface area contributed by atoms with E-state index in [0.717, 1.165) is 16.0 Å². The van der Waals surface area contributed by atoms with Gasteiger partial charge in [-0.1, -0.05) is 32.0 Å². The fraction of sp³-hybridized carbons (Fsp3) is 0.333. The molecule has 1 fully saturated rings. The maximum absolute atomic E-state index is 13.3. The van der Waals surface area contributed by atoms with Crippen LogP contribution in [0.25, 0.3) is 0 Å². The highest BCUT2D eigenvalue weighted by Gasteiger charge is 2.32. The van der Waals surface area contributed by atoms with Gasteiger partial charge in [-0.15, -0.1) is 0 Å². The van der Waals surface area contributed by atoms with Gasteiger partial charge in [0.15, 0.2) is 0 Å². The number of methoxy groups -OCH3 is 1. The van der Waals surface area contributed by atoms with Gasteiger partial charge in [0.1, 0.15) is 10.6 Å². The van der Waals surface area contributed by atoms with Gasteiger partial charge in [-0.2, -0.15) is 0 Å². The van der Waals surface area contributed by atoms with Crippen molar-refractivity contribution >= 4 is 33.2 Å². The second-order valence-corrected chi connectivity index (χ2v) is 8.37. The molecule has 29 heavy (non-hydrogen) atoms. The quantitative estimate of drug-likeness (QED) is 0.699. The normalized spacial score (nSPS) is 14.4. The minimum Gasteiger partial charge on any atom is -0.495 e. The predicted octanol–water partition coefficient (Wildman–Crippen LogP) is 3.27. The first-order valence-corrected chi connectivity index (χ1v) is 11.0. The van der Waals surface area contributed by atoms with E-state index in [1.807, 2.05) is 32.0 Å². The molecule has 8 heteroatoms. The molecule has 1 saturated heterocycles. The number of aryl methyl sites for hydroxylation is 2. The van der Waals surface area contributed by atoms with Crippen LogP contribution in [0.4, 0.5) is 11.4 Å². The lowest BCUT2D eigenvalue weighted by Gasteiger charge is -2.19. The van der Waals surface area contributed by atoms with E-state index in [-0.39, 0.29) is 41.0 Å². The van der Waals surface area contributed by atoms with Gasteiger partial charge in [0.25, 0.3) is 10.0 Å². The van der Waals surface area contributed by atoms with Gasteiger partial charge in [0, 0.05) is 12.8 Å². The lowest BCUT2D eigenvalue weighted by atomic mass is 10.0. The number of ether oxygens (including phenoxy) is 1. The molecule has 0 spiro atoms. The Kier molecular flexibility index (Phi) is 5.93. The number of imide groups is 1. The molecule has 1 aliphatic rings. The third-order valence-corrected chi connectivity index (χ3v) is 6.35. The fourth-order valence-corrected chi connectivity index (χ4v) is 4.78. The smallest absolute Gasteiger partial charge is 0.265 e. The van der Waals surface area contributed by atoms with Gasteiger partial charge in [-0.25, -0.2) is 8.42 Å². The van der Waals surface area contributed by atoms with E-state index in [0.29, 0.717) is 18.5 Å². The number of benzene rings is 2. The predicted molar refractivity (Wildman–Crippen MR) is 111 cm³/mol. The number of rotatable bonds is 7. The van der Waals surface area contributed by atoms with E-state index in [4.69, 9.17) is 4.74 Å². The van der Waals surface area contributed by atoms with Gasteiger partial charge >= 0.3 is 0 Å². The number of nitrogens with zero attached hydrogens (tertiary/aromatic N) is 1. The van der Waals surface area contributed by atoms with Gasteiger partial charge in [0.2, 0.25) is 11.8 Å². The summed E-state index contributed by atoms with van der Waals surface area (Å²) in [6, 6.07) is 9.94. The van der Waals surface area contributed by atoms with Crippen LogP contribution in [0.5, 0.6) is 5.75 Å². The molecular formula is C21H24N2O5S. The maximum Gasteiger partial charge on any atom is 0.265 e. The molecular weight excluding hydrogens is 392 g/mol. The van der Waals surface area contributed by atoms with Crippen LogP contribution in [-0.4, -0.2) is 27.3 Å². The Bertz CT molecular complexity index is 1020. The number of anilines is 2. The number of para-hydroxylation sites is 1. The molecule has 0 radical (unpaired) electrons. The molecule has 0 aromatic heterocycles. The second-order valence-electron chi connectivity index (χ2n) is 6.72. The first kappa shape index (κ1) is 20.9. The van der Waals surface area contributed by atoms with Crippen molar-refractivity contribution in [3.05, 3.63) is 47.5 Å². The fourth-order valence-electron chi connectivity index (χ4n) is 3.44. The topological polar surface area (TPSA) is 92.8 Å². The Labute approximate surface area is 170 Å². The summed E-state index contributed by atoms with van der Waals surface area (Å²) in [4.78, 5) is 25.0. The number of amides is 2. The van der Waals surface area contributed by atoms with Crippen LogP contribution >= 0.6 is 0 Å². The van der Waals surface area contributed by atoms with Crippen molar-refractivity contribution in [2.75, 3.05) is 16.7 Å². The van der Waals surface area contributed by atoms with Gasteiger partial charge < -0.3 is 4.74 Å². The third-order valence-electron chi connectivity index (χ3n) is 4.98. The molecule has 2 amide bonds. The molecule has 2 aromatic carbocycles. The molecule has 0 unspecified atom stereocenters. The van der Waals surface area contributed by atoms with Crippen LogP contribution in [0.3, 0.4) is 0 Å². The van der Waals surface area contributed by atoms with Crippen molar-refractivity contribution in [3.63, 3.8) is 0 Å². The summed E-state index contributed by atoms with van der Waals surface area (Å²) >= 11 is 0. The van der Waals surface area contributed by atoms with Gasteiger partial charge in [-0.3, -0.25) is 19.2 Å². The Hall–Kier alpha value is -2.87. The Morgan fingerprint density at radius 1 is 1.00 bits per heavy atom. The van der Waals surface area contributed by atoms with E-state index in [1.54, 1.807) is 0 Å². The number of hydrogen-bond acceptors (Lipinski definition) is 5. The zero-order valence-corrected chi connectivity index (χ0v) is 17.5. The van der Waals surface area contributed by atoms with E-state index in [2.05, 4.69) is 4.72 Å². The summed E-state index contributed by atoms with van der Waals surface area (Å²) < 4.78 is 34.5. The zero-order chi connectivity index (χ0) is 21.2. The van der Waals surface area contributed by atoms with Crippen LogP contribution in [0.2, 0.25) is 0 Å². The SMILES string of the molecule is CCc1cccc(CC)c1NS(=O)(=O)c1cc(N2C(=O)CCC2=O)ccc1OC. The van der Waals surface area contributed by atoms with E-state index < -0.39 is 10.0 Å². The third kappa shape index (κ3) is 3.98. The molecule has 0 saturated carbocycles. The molecule has 7 nitrogen and oxygen atoms in total. The van der Waals surface area contributed by atoms with Crippen LogP contribution < -0.4 is 14.4 Å². The average molecular weight is 416 g/mol. The molecule has 2 aromatic rings. The molecule has 154 valence electrons. The van der Waals surface area contributed by atoms with Crippen LogP contribution in [0, 0.1) is 0 Å². The van der Waals surface area contributed by atoms with E-state index in [9.17, 15) is 18.0 Å². The lowest BCUT2D eigenvalue weighted by molar-refractivity contribution is -0.121. The summed E-state index contributed by atoms with van der Waals surface area (Å²) in [6.45, 7) is 3.91. The first-order valence-electron chi connectivity index (χ1n) is 9.49. The number of hydrogen-bond donors (Lipinski definition) is 1. The Morgan fingerprint density at radius 3 is 2.10 bits per heavy atom. The van der Waals surface area contributed by atoms with Crippen molar-refractivity contribution in [2.45, 2.75) is 44.4 Å². The van der Waals surface area contributed by atoms with Crippen molar-refractivity contribution in [2.24, 2.45) is 0 Å². The number of nitrogens with one attached hydrogen (secondary N) is 1. The van der Waals surface area contributed by atoms with Gasteiger partial charge in [0.05, 0.1) is 18.5 Å². The molecule has 0 bridgehead atoms. The largest absolute Gasteiger partial charge is 0.495 e. The summed E-state index contributed by atoms with van der Waals surface area (Å²) in [7, 11) is -2.66. The Morgan fingerprint density at radius 2 is 1.59 bits per heavy atom. The zero-order valence-electron chi connectivity index (χ0n) is 16.7. The maximum atomic E-state index is 13.3. The summed E-state index contributed by atoms with van der Waals surface area (Å²) in [5, 5.41) is 0. The van der Waals surface area contributed by atoms with Crippen molar-refractivity contribution < 1.29 is 22.7 Å². The molecule has 1 N–H and O–H groups in total. The van der Waals surface area contributed by atoms with Crippen molar-refractivity contribution in [1.82, 2.24) is 0 Å². The molecule has 1 aliphatic heterocycles. The highest BCUT2D eigenvalue weighted by Crippen LogP contribution is 2.33. The van der Waals surface area contributed by atoms with Crippen molar-refractivity contribution in [3.8, 4) is 5.75 Å². The second kappa shape index (κ2) is 8.24. The summed E-state index contributed by atoms with van der Waals surface area (Å²) in [5.74, 6) is -0.561. The summed E-state index contributed by atoms with van der Waals surface area (Å²) in [5.41, 5.74) is 2.54. The van der Waals surface area contributed by atoms with Gasteiger partial charge in [-0.05, 0) is 42.2 Å². The average Bonchev–Trinajstić information content (AvgIpc) is 3.05. The molecule has 0 aliphatic carbocycles. The molecule has 1 heterocycles. The van der Waals surface area contributed by atoms with E-state index in [1.165, 1.54) is 25.3 Å². The minimum absolute atomic E-state index is 0.120. The Balaban J connectivity index is 2.08. The number of sulfonamides is 1. The highest BCUT2D eigenvalue weighted by atomic mass is 32.2. The van der Waals surface area contributed by atoms with Crippen molar-refractivity contribution in [1.29, 1.82) is 0 Å². The monoisotopic (exact) mass is 416 g/mol. The van der Waals surface area contributed by atoms with E-state index >= 15 is 0 Å². The van der Waals surface area contributed by atoms with Crippen LogP contribution in [0.1, 0.15) is 37.8 Å². The minimum atomic E-state index is -4.03. The van der Waals surface area contributed by atoms with Crippen LogP contribution in [0.15, 0.2) is 41.3 Å². The molecule has 0 atom stereocenters. The highest BCUT2D eigenvalue weighted by molar-refractivity contribution is 7.92. The molecule has 3 rings (SSSR count). The summed E-state index contributed by atoms with van der Waals surface area (Å²) in [6.07, 6.45) is 1.57. The lowest BCUT2D eigenvalue weighted by Crippen LogP contribution is -2.29. The number of carbonyl (C=O) groups excluding carboxylic acids is 2. The standard InChI is InChI=1S/C21H24N2O5S/c1-4-14-7-6-8-15(5-2)21(14)22-29(26,27)18-13-16(9-10-17(18)28-3)23-19(24)11-12-20(23)25/h6-10,13,22H,4-5,11-12H2,1-3H3. The number of carbonyl (C=O) groups is 2.